The molecule has 0 fully saturated rings. The van der Waals surface area contributed by atoms with Gasteiger partial charge in [0.2, 0.25) is 0 Å². The quantitative estimate of drug-likeness (QED) is 0.636. The average molecular weight is 143 g/mol. The Morgan fingerprint density at radius 2 is 1.70 bits per heavy atom. The van der Waals surface area contributed by atoms with Gasteiger partial charge >= 0.3 is 0 Å². The Labute approximate surface area is 65.2 Å². The van der Waals surface area contributed by atoms with E-state index in [1.54, 1.807) is 0 Å². The largest absolute Gasteiger partial charge is 0.316 e. The van der Waals surface area contributed by atoms with E-state index >= 15 is 0 Å². The molecule has 0 bridgehead atoms. The third kappa shape index (κ3) is 2.70. The zero-order chi connectivity index (χ0) is 8.15. The molecule has 0 aliphatic rings. The van der Waals surface area contributed by atoms with Gasteiger partial charge in [-0.15, -0.1) is 0 Å². The standard InChI is InChI=1S/C9H21N/c1-6-8(4)9(10-5)7(2)3/h7-10H,6H2,1-5H3/t8-,9?/m1/s1. The molecule has 0 radical (unpaired) electrons. The summed E-state index contributed by atoms with van der Waals surface area (Å²) in [5.41, 5.74) is 0. The zero-order valence-electron chi connectivity index (χ0n) is 7.94. The van der Waals surface area contributed by atoms with E-state index < -0.39 is 0 Å². The van der Waals surface area contributed by atoms with Crippen molar-refractivity contribution in [3.05, 3.63) is 0 Å². The van der Waals surface area contributed by atoms with Crippen molar-refractivity contribution in [2.24, 2.45) is 11.8 Å². The van der Waals surface area contributed by atoms with E-state index in [0.29, 0.717) is 6.04 Å². The third-order valence-electron chi connectivity index (χ3n) is 2.31. The van der Waals surface area contributed by atoms with Crippen LogP contribution in [0.1, 0.15) is 34.1 Å². The van der Waals surface area contributed by atoms with Gasteiger partial charge in [-0.1, -0.05) is 34.1 Å². The molecule has 1 N–H and O–H groups in total. The second-order valence-electron chi connectivity index (χ2n) is 3.44. The van der Waals surface area contributed by atoms with Crippen molar-refractivity contribution in [2.75, 3.05) is 7.05 Å². The van der Waals surface area contributed by atoms with Crippen LogP contribution in [0.4, 0.5) is 0 Å². The summed E-state index contributed by atoms with van der Waals surface area (Å²) in [4.78, 5) is 0. The van der Waals surface area contributed by atoms with Crippen LogP contribution in [-0.2, 0) is 0 Å². The first kappa shape index (κ1) is 9.96. The summed E-state index contributed by atoms with van der Waals surface area (Å²) in [5.74, 6) is 1.55. The van der Waals surface area contributed by atoms with E-state index in [9.17, 15) is 0 Å². The molecular weight excluding hydrogens is 122 g/mol. The lowest BCUT2D eigenvalue weighted by Crippen LogP contribution is -2.36. The normalized spacial score (nSPS) is 17.4. The van der Waals surface area contributed by atoms with Gasteiger partial charge in [0.1, 0.15) is 0 Å². The van der Waals surface area contributed by atoms with Crippen LogP contribution >= 0.6 is 0 Å². The van der Waals surface area contributed by atoms with Crippen molar-refractivity contribution in [1.29, 1.82) is 0 Å². The second-order valence-corrected chi connectivity index (χ2v) is 3.44. The highest BCUT2D eigenvalue weighted by atomic mass is 14.9. The Balaban J connectivity index is 3.80. The lowest BCUT2D eigenvalue weighted by atomic mass is 9.90. The molecule has 0 amide bonds. The lowest BCUT2D eigenvalue weighted by molar-refractivity contribution is 0.309. The van der Waals surface area contributed by atoms with Crippen LogP contribution < -0.4 is 5.32 Å². The smallest absolute Gasteiger partial charge is 0.0113 e. The molecule has 62 valence electrons. The molecule has 0 saturated heterocycles. The highest BCUT2D eigenvalue weighted by Crippen LogP contribution is 2.14. The number of nitrogens with one attached hydrogen (secondary N) is 1. The summed E-state index contributed by atoms with van der Waals surface area (Å²) in [6.45, 7) is 9.10. The van der Waals surface area contributed by atoms with Gasteiger partial charge in [0.25, 0.3) is 0 Å². The molecule has 1 nitrogen and oxygen atoms in total. The molecule has 0 aliphatic carbocycles. The molecule has 1 heteroatoms. The van der Waals surface area contributed by atoms with Gasteiger partial charge in [0.05, 0.1) is 0 Å². The molecule has 0 aromatic carbocycles. The van der Waals surface area contributed by atoms with E-state index in [4.69, 9.17) is 0 Å². The van der Waals surface area contributed by atoms with E-state index in [0.717, 1.165) is 11.8 Å². The van der Waals surface area contributed by atoms with Gasteiger partial charge in [-0.25, -0.2) is 0 Å². The van der Waals surface area contributed by atoms with E-state index in [1.807, 2.05) is 0 Å². The third-order valence-corrected chi connectivity index (χ3v) is 2.31. The van der Waals surface area contributed by atoms with Gasteiger partial charge in [-0.05, 0) is 18.9 Å². The Kier molecular flexibility index (Phi) is 4.71. The predicted molar refractivity (Wildman–Crippen MR) is 47.1 cm³/mol. The highest BCUT2D eigenvalue weighted by molar-refractivity contribution is 4.73. The maximum Gasteiger partial charge on any atom is 0.0113 e. The van der Waals surface area contributed by atoms with Crippen molar-refractivity contribution in [1.82, 2.24) is 5.32 Å². The van der Waals surface area contributed by atoms with E-state index in [-0.39, 0.29) is 0 Å². The first-order chi connectivity index (χ1) is 4.63. The molecule has 0 spiro atoms. The van der Waals surface area contributed by atoms with Crippen molar-refractivity contribution >= 4 is 0 Å². The average Bonchev–Trinajstić information content (AvgIpc) is 1.88. The molecule has 1 unspecified atom stereocenters. The first-order valence-corrected chi connectivity index (χ1v) is 4.30. The fraction of sp³-hybridized carbons (Fsp3) is 1.00. The van der Waals surface area contributed by atoms with E-state index in [2.05, 4.69) is 40.1 Å². The monoisotopic (exact) mass is 143 g/mol. The molecule has 0 aromatic rings. The number of rotatable bonds is 4. The maximum absolute atomic E-state index is 3.35. The summed E-state index contributed by atoms with van der Waals surface area (Å²) in [6, 6.07) is 0.685. The fourth-order valence-electron chi connectivity index (χ4n) is 1.53. The molecule has 0 rings (SSSR count). The fourth-order valence-corrected chi connectivity index (χ4v) is 1.53. The van der Waals surface area contributed by atoms with Gasteiger partial charge in [-0.2, -0.15) is 0 Å². The van der Waals surface area contributed by atoms with Crippen molar-refractivity contribution in [3.63, 3.8) is 0 Å². The van der Waals surface area contributed by atoms with Gasteiger partial charge in [0, 0.05) is 6.04 Å². The summed E-state index contributed by atoms with van der Waals surface area (Å²) < 4.78 is 0. The Morgan fingerprint density at radius 3 is 1.80 bits per heavy atom. The van der Waals surface area contributed by atoms with Crippen LogP contribution in [0, 0.1) is 11.8 Å². The Morgan fingerprint density at radius 1 is 1.20 bits per heavy atom. The van der Waals surface area contributed by atoms with Crippen LogP contribution in [0.25, 0.3) is 0 Å². The minimum atomic E-state index is 0.685. The second kappa shape index (κ2) is 4.73. The summed E-state index contributed by atoms with van der Waals surface area (Å²) >= 11 is 0. The Bertz CT molecular complexity index is 78.8. The van der Waals surface area contributed by atoms with Crippen LogP contribution in [-0.4, -0.2) is 13.1 Å². The van der Waals surface area contributed by atoms with Crippen LogP contribution in [0.2, 0.25) is 0 Å². The minimum Gasteiger partial charge on any atom is -0.316 e. The molecule has 2 atom stereocenters. The van der Waals surface area contributed by atoms with Gasteiger partial charge in [-0.3, -0.25) is 0 Å². The lowest BCUT2D eigenvalue weighted by Gasteiger charge is -2.25. The maximum atomic E-state index is 3.35. The first-order valence-electron chi connectivity index (χ1n) is 4.30. The number of hydrogen-bond acceptors (Lipinski definition) is 1. The van der Waals surface area contributed by atoms with Crippen molar-refractivity contribution in [3.8, 4) is 0 Å². The molecule has 10 heavy (non-hydrogen) atoms. The minimum absolute atomic E-state index is 0.685. The van der Waals surface area contributed by atoms with Gasteiger partial charge < -0.3 is 5.32 Å². The van der Waals surface area contributed by atoms with Gasteiger partial charge in [0.15, 0.2) is 0 Å². The van der Waals surface area contributed by atoms with Crippen LogP contribution in [0.15, 0.2) is 0 Å². The van der Waals surface area contributed by atoms with Crippen molar-refractivity contribution in [2.45, 2.75) is 40.2 Å². The van der Waals surface area contributed by atoms with Crippen LogP contribution in [0.5, 0.6) is 0 Å². The molecule has 0 aliphatic heterocycles. The van der Waals surface area contributed by atoms with Crippen LogP contribution in [0.3, 0.4) is 0 Å². The molecule has 0 saturated carbocycles. The summed E-state index contributed by atoms with van der Waals surface area (Å²) in [5, 5.41) is 3.35. The SMILES string of the molecule is CC[C@@H](C)C(NC)C(C)C. The van der Waals surface area contributed by atoms with E-state index in [1.165, 1.54) is 6.42 Å². The molecular formula is C9H21N. The molecule has 0 heterocycles. The molecule has 0 aromatic heterocycles. The Hall–Kier alpha value is -0.0400. The highest BCUT2D eigenvalue weighted by Gasteiger charge is 2.16. The predicted octanol–water partition coefficient (Wildman–Crippen LogP) is 2.28. The van der Waals surface area contributed by atoms with Crippen molar-refractivity contribution < 1.29 is 0 Å². The zero-order valence-corrected chi connectivity index (χ0v) is 7.94. The number of hydrogen-bond donors (Lipinski definition) is 1. The summed E-state index contributed by atoms with van der Waals surface area (Å²) in [7, 11) is 2.05. The topological polar surface area (TPSA) is 12.0 Å². The summed E-state index contributed by atoms with van der Waals surface area (Å²) in [6.07, 6.45) is 1.27.